The largest absolute Gasteiger partial charge is 0.323 e. The number of rotatable bonds is 3. The van der Waals surface area contributed by atoms with Gasteiger partial charge in [-0.2, -0.15) is 5.26 Å². The molecule has 0 bridgehead atoms. The molecule has 1 amide bonds. The number of hydrogen-bond donors (Lipinski definition) is 1. The molecular formula is C17H14N2O. The van der Waals surface area contributed by atoms with Crippen LogP contribution in [0.25, 0.3) is 5.57 Å². The van der Waals surface area contributed by atoms with Crippen LogP contribution < -0.4 is 5.32 Å². The highest BCUT2D eigenvalue weighted by Gasteiger charge is 2.01. The number of hydrogen-bond acceptors (Lipinski definition) is 2. The fraction of sp³-hybridized carbons (Fsp3) is 0.0588. The van der Waals surface area contributed by atoms with E-state index in [4.69, 9.17) is 5.26 Å². The summed E-state index contributed by atoms with van der Waals surface area (Å²) in [4.78, 5) is 11.9. The van der Waals surface area contributed by atoms with Gasteiger partial charge in [-0.1, -0.05) is 30.3 Å². The van der Waals surface area contributed by atoms with Gasteiger partial charge in [-0.05, 0) is 42.3 Å². The Morgan fingerprint density at radius 1 is 1.10 bits per heavy atom. The maximum Gasteiger partial charge on any atom is 0.248 e. The number of benzene rings is 2. The van der Waals surface area contributed by atoms with E-state index in [2.05, 4.69) is 5.32 Å². The zero-order chi connectivity index (χ0) is 14.4. The second kappa shape index (κ2) is 6.35. The molecule has 3 nitrogen and oxygen atoms in total. The van der Waals surface area contributed by atoms with E-state index in [1.807, 2.05) is 43.3 Å². The van der Waals surface area contributed by atoms with Crippen molar-refractivity contribution in [3.63, 3.8) is 0 Å². The van der Waals surface area contributed by atoms with Crippen LogP contribution in [0, 0.1) is 11.3 Å². The average molecular weight is 262 g/mol. The number of amides is 1. The van der Waals surface area contributed by atoms with Crippen molar-refractivity contribution < 1.29 is 4.79 Å². The van der Waals surface area contributed by atoms with E-state index in [9.17, 15) is 4.79 Å². The van der Waals surface area contributed by atoms with Crippen LogP contribution >= 0.6 is 0 Å². The predicted octanol–water partition coefficient (Wildman–Crippen LogP) is 3.60. The summed E-state index contributed by atoms with van der Waals surface area (Å²) >= 11 is 0. The lowest BCUT2D eigenvalue weighted by molar-refractivity contribution is -0.111. The predicted molar refractivity (Wildman–Crippen MR) is 79.9 cm³/mol. The van der Waals surface area contributed by atoms with Gasteiger partial charge in [0, 0.05) is 11.8 Å². The molecule has 20 heavy (non-hydrogen) atoms. The van der Waals surface area contributed by atoms with Crippen LogP contribution in [-0.2, 0) is 4.79 Å². The van der Waals surface area contributed by atoms with Gasteiger partial charge in [-0.15, -0.1) is 0 Å². The lowest BCUT2D eigenvalue weighted by atomic mass is 10.1. The maximum absolute atomic E-state index is 11.9. The number of carbonyl (C=O) groups is 1. The van der Waals surface area contributed by atoms with Crippen molar-refractivity contribution in [1.82, 2.24) is 0 Å². The van der Waals surface area contributed by atoms with Crippen LogP contribution in [0.5, 0.6) is 0 Å². The third kappa shape index (κ3) is 3.56. The monoisotopic (exact) mass is 262 g/mol. The number of nitrogens with zero attached hydrogens (tertiary/aromatic N) is 1. The Morgan fingerprint density at radius 2 is 1.75 bits per heavy atom. The summed E-state index contributed by atoms with van der Waals surface area (Å²) in [7, 11) is 0. The van der Waals surface area contributed by atoms with Crippen LogP contribution in [0.3, 0.4) is 0 Å². The van der Waals surface area contributed by atoms with Crippen LogP contribution in [0.15, 0.2) is 60.7 Å². The minimum absolute atomic E-state index is 0.184. The Balaban J connectivity index is 2.07. The molecule has 2 rings (SSSR count). The van der Waals surface area contributed by atoms with E-state index in [0.29, 0.717) is 11.3 Å². The molecule has 0 heterocycles. The van der Waals surface area contributed by atoms with Crippen molar-refractivity contribution in [3.8, 4) is 6.07 Å². The molecule has 98 valence electrons. The summed E-state index contributed by atoms with van der Waals surface area (Å²) in [5, 5.41) is 11.5. The second-order valence-electron chi connectivity index (χ2n) is 4.37. The molecule has 0 spiro atoms. The Hall–Kier alpha value is -2.86. The fourth-order valence-electron chi connectivity index (χ4n) is 1.79. The topological polar surface area (TPSA) is 52.9 Å². The van der Waals surface area contributed by atoms with Crippen LogP contribution in [0.2, 0.25) is 0 Å². The Bertz CT molecular complexity index is 664. The third-order valence-electron chi connectivity index (χ3n) is 2.86. The minimum atomic E-state index is -0.184. The second-order valence-corrected chi connectivity index (χ2v) is 4.37. The normalized spacial score (nSPS) is 10.7. The van der Waals surface area contributed by atoms with Crippen molar-refractivity contribution in [3.05, 3.63) is 71.8 Å². The molecule has 0 aromatic heterocycles. The molecule has 0 atom stereocenters. The number of anilines is 1. The average Bonchev–Trinajstić information content (AvgIpc) is 2.49. The van der Waals surface area contributed by atoms with Gasteiger partial charge in [0.2, 0.25) is 5.91 Å². The first-order valence-electron chi connectivity index (χ1n) is 6.24. The van der Waals surface area contributed by atoms with E-state index < -0.39 is 0 Å². The van der Waals surface area contributed by atoms with Gasteiger partial charge in [0.1, 0.15) is 0 Å². The minimum Gasteiger partial charge on any atom is -0.323 e. The SMILES string of the molecule is C/C(=C\C(=O)Nc1ccc(C#N)cc1)c1ccccc1. The van der Waals surface area contributed by atoms with Crippen molar-refractivity contribution in [2.45, 2.75) is 6.92 Å². The van der Waals surface area contributed by atoms with Gasteiger partial charge in [0.05, 0.1) is 11.6 Å². The van der Waals surface area contributed by atoms with Crippen molar-refractivity contribution in [2.24, 2.45) is 0 Å². The molecule has 1 N–H and O–H groups in total. The van der Waals surface area contributed by atoms with E-state index in [0.717, 1.165) is 11.1 Å². The number of nitriles is 1. The molecule has 0 fully saturated rings. The lowest BCUT2D eigenvalue weighted by Crippen LogP contribution is -2.08. The molecule has 0 aliphatic heterocycles. The molecule has 3 heteroatoms. The van der Waals surface area contributed by atoms with Gasteiger partial charge >= 0.3 is 0 Å². The molecular weight excluding hydrogens is 248 g/mol. The van der Waals surface area contributed by atoms with Gasteiger partial charge in [0.25, 0.3) is 0 Å². The molecule has 2 aromatic rings. The van der Waals surface area contributed by atoms with Gasteiger partial charge < -0.3 is 5.32 Å². The van der Waals surface area contributed by atoms with E-state index in [1.165, 1.54) is 0 Å². The summed E-state index contributed by atoms with van der Waals surface area (Å²) in [5.41, 5.74) is 3.16. The summed E-state index contributed by atoms with van der Waals surface area (Å²) in [5.74, 6) is -0.184. The quantitative estimate of drug-likeness (QED) is 0.859. The first kappa shape index (κ1) is 13.6. The molecule has 0 aliphatic carbocycles. The zero-order valence-electron chi connectivity index (χ0n) is 11.1. The summed E-state index contributed by atoms with van der Waals surface area (Å²) in [6.07, 6.45) is 1.56. The van der Waals surface area contributed by atoms with Gasteiger partial charge in [-0.3, -0.25) is 4.79 Å². The molecule has 2 aromatic carbocycles. The van der Waals surface area contributed by atoms with Crippen molar-refractivity contribution in [2.75, 3.05) is 5.32 Å². The zero-order valence-corrected chi connectivity index (χ0v) is 11.1. The molecule has 0 saturated carbocycles. The van der Waals surface area contributed by atoms with Crippen LogP contribution in [0.1, 0.15) is 18.1 Å². The van der Waals surface area contributed by atoms with Gasteiger partial charge in [0.15, 0.2) is 0 Å². The van der Waals surface area contributed by atoms with E-state index in [-0.39, 0.29) is 5.91 Å². The van der Waals surface area contributed by atoms with Crippen molar-refractivity contribution in [1.29, 1.82) is 5.26 Å². The highest BCUT2D eigenvalue weighted by molar-refractivity contribution is 6.03. The number of nitrogens with one attached hydrogen (secondary N) is 1. The third-order valence-corrected chi connectivity index (χ3v) is 2.86. The molecule has 0 saturated heterocycles. The highest BCUT2D eigenvalue weighted by atomic mass is 16.1. The molecule has 0 radical (unpaired) electrons. The summed E-state index contributed by atoms with van der Waals surface area (Å²) in [6, 6.07) is 18.5. The van der Waals surface area contributed by atoms with Gasteiger partial charge in [-0.25, -0.2) is 0 Å². The van der Waals surface area contributed by atoms with Crippen molar-refractivity contribution >= 4 is 17.2 Å². The smallest absolute Gasteiger partial charge is 0.248 e. The summed E-state index contributed by atoms with van der Waals surface area (Å²) < 4.78 is 0. The number of carbonyl (C=O) groups excluding carboxylic acids is 1. The fourth-order valence-corrected chi connectivity index (χ4v) is 1.79. The van der Waals surface area contributed by atoms with Crippen LogP contribution in [0.4, 0.5) is 5.69 Å². The van der Waals surface area contributed by atoms with Crippen LogP contribution in [-0.4, -0.2) is 5.91 Å². The first-order chi connectivity index (χ1) is 9.69. The Labute approximate surface area is 118 Å². The maximum atomic E-state index is 11.9. The van der Waals surface area contributed by atoms with E-state index >= 15 is 0 Å². The van der Waals surface area contributed by atoms with E-state index in [1.54, 1.807) is 30.3 Å². The Kier molecular flexibility index (Phi) is 4.31. The summed E-state index contributed by atoms with van der Waals surface area (Å²) in [6.45, 7) is 1.90. The standard InChI is InChI=1S/C17H14N2O/c1-13(15-5-3-2-4-6-15)11-17(20)19-16-9-7-14(12-18)8-10-16/h2-11H,1H3,(H,19,20)/b13-11+. The Morgan fingerprint density at radius 3 is 2.35 bits per heavy atom. The molecule has 0 aliphatic rings. The highest BCUT2D eigenvalue weighted by Crippen LogP contribution is 2.14. The number of allylic oxidation sites excluding steroid dienone is 1. The lowest BCUT2D eigenvalue weighted by Gasteiger charge is -2.04. The molecule has 0 unspecified atom stereocenters. The first-order valence-corrected chi connectivity index (χ1v) is 6.24.